The first kappa shape index (κ1) is 14.6. The van der Waals surface area contributed by atoms with Crippen LogP contribution in [0.1, 0.15) is 38.5 Å². The van der Waals surface area contributed by atoms with Crippen molar-refractivity contribution >= 4 is 34.9 Å². The van der Waals surface area contributed by atoms with Crippen LogP contribution < -0.4 is 10.6 Å². The zero-order valence-electron chi connectivity index (χ0n) is 12.4. The van der Waals surface area contributed by atoms with E-state index in [4.69, 9.17) is 23.2 Å². The largest absolute Gasteiger partial charge is 0.332 e. The monoisotopic (exact) mass is 338 g/mol. The average molecular weight is 339 g/mol. The summed E-state index contributed by atoms with van der Waals surface area (Å²) in [4.78, 5) is 12.4. The lowest BCUT2D eigenvalue weighted by molar-refractivity contribution is -0.0127. The Labute approximate surface area is 140 Å². The third-order valence-electron chi connectivity index (χ3n) is 5.59. The molecule has 4 aliphatic rings. The molecular weight excluding hydrogens is 319 g/mol. The first-order chi connectivity index (χ1) is 10.5. The number of benzene rings is 1. The molecule has 3 nitrogen and oxygen atoms in total. The maximum absolute atomic E-state index is 12.4. The highest BCUT2D eigenvalue weighted by Gasteiger charge is 2.51. The van der Waals surface area contributed by atoms with Gasteiger partial charge in [-0.05, 0) is 74.5 Å². The van der Waals surface area contributed by atoms with Gasteiger partial charge in [0.2, 0.25) is 0 Å². The van der Waals surface area contributed by atoms with Crippen LogP contribution in [0.5, 0.6) is 0 Å². The van der Waals surface area contributed by atoms with E-state index < -0.39 is 0 Å². The van der Waals surface area contributed by atoms with Crippen molar-refractivity contribution in [3.63, 3.8) is 0 Å². The fraction of sp³-hybridized carbons (Fsp3) is 0.588. The molecule has 4 fully saturated rings. The first-order valence-electron chi connectivity index (χ1n) is 8.06. The average Bonchev–Trinajstić information content (AvgIpc) is 2.40. The minimum Gasteiger partial charge on any atom is -0.332 e. The van der Waals surface area contributed by atoms with Gasteiger partial charge in [0.25, 0.3) is 0 Å². The van der Waals surface area contributed by atoms with Gasteiger partial charge < -0.3 is 10.6 Å². The summed E-state index contributed by atoms with van der Waals surface area (Å²) in [6.07, 6.45) is 7.55. The Balaban J connectivity index is 1.44. The number of halogens is 2. The van der Waals surface area contributed by atoms with Gasteiger partial charge in [-0.1, -0.05) is 23.2 Å². The van der Waals surface area contributed by atoms with Crippen LogP contribution in [-0.4, -0.2) is 11.6 Å². The third kappa shape index (κ3) is 2.69. The van der Waals surface area contributed by atoms with E-state index in [1.165, 1.54) is 19.3 Å². The highest BCUT2D eigenvalue weighted by Crippen LogP contribution is 2.55. The lowest BCUT2D eigenvalue weighted by atomic mass is 9.53. The van der Waals surface area contributed by atoms with Crippen molar-refractivity contribution in [2.45, 2.75) is 44.1 Å². The second-order valence-corrected chi connectivity index (χ2v) is 8.22. The summed E-state index contributed by atoms with van der Waals surface area (Å²) in [5.74, 6) is 2.45. The summed E-state index contributed by atoms with van der Waals surface area (Å²) < 4.78 is 0. The van der Waals surface area contributed by atoms with Crippen LogP contribution in [0.4, 0.5) is 10.5 Å². The number of nitrogens with one attached hydrogen (secondary N) is 2. The van der Waals surface area contributed by atoms with Crippen molar-refractivity contribution < 1.29 is 4.79 Å². The van der Waals surface area contributed by atoms with Crippen molar-refractivity contribution in [3.8, 4) is 0 Å². The first-order valence-corrected chi connectivity index (χ1v) is 8.81. The van der Waals surface area contributed by atoms with E-state index in [9.17, 15) is 4.79 Å². The predicted molar refractivity (Wildman–Crippen MR) is 89.5 cm³/mol. The van der Waals surface area contributed by atoms with Gasteiger partial charge in [0.05, 0.1) is 10.0 Å². The van der Waals surface area contributed by atoms with Gasteiger partial charge in [-0.15, -0.1) is 0 Å². The zero-order valence-corrected chi connectivity index (χ0v) is 13.9. The van der Waals surface area contributed by atoms with Crippen LogP contribution in [0.25, 0.3) is 0 Å². The predicted octanol–water partition coefficient (Wildman–Crippen LogP) is 5.08. The van der Waals surface area contributed by atoms with Gasteiger partial charge in [0.15, 0.2) is 0 Å². The molecule has 0 aliphatic heterocycles. The fourth-order valence-electron chi connectivity index (χ4n) is 5.24. The van der Waals surface area contributed by atoms with Crippen molar-refractivity contribution in [2.24, 2.45) is 17.8 Å². The summed E-state index contributed by atoms with van der Waals surface area (Å²) >= 11 is 11.9. The maximum Gasteiger partial charge on any atom is 0.319 e. The Kier molecular flexibility index (Phi) is 3.54. The van der Waals surface area contributed by atoms with Crippen LogP contribution in [0.2, 0.25) is 10.0 Å². The molecule has 0 heterocycles. The maximum atomic E-state index is 12.4. The molecule has 4 saturated carbocycles. The Hall–Kier alpha value is -0.930. The minimum absolute atomic E-state index is 0.0229. The molecule has 2 N–H and O–H groups in total. The Morgan fingerprint density at radius 3 is 2.14 bits per heavy atom. The topological polar surface area (TPSA) is 41.1 Å². The summed E-state index contributed by atoms with van der Waals surface area (Å²) in [6, 6.07) is 5.03. The van der Waals surface area contributed by atoms with Crippen molar-refractivity contribution in [2.75, 3.05) is 5.32 Å². The molecule has 4 aliphatic carbocycles. The number of hydrogen-bond donors (Lipinski definition) is 2. The van der Waals surface area contributed by atoms with Gasteiger partial charge in [-0.25, -0.2) is 4.79 Å². The van der Waals surface area contributed by atoms with Crippen LogP contribution in [0, 0.1) is 17.8 Å². The molecule has 22 heavy (non-hydrogen) atoms. The molecule has 118 valence electrons. The Bertz CT molecular complexity index is 581. The van der Waals surface area contributed by atoms with Crippen molar-refractivity contribution in [1.29, 1.82) is 0 Å². The standard InChI is InChI=1S/C17H20Cl2N2O/c18-14-2-1-13(6-15(14)19)20-16(22)21-17-7-10-3-11(8-17)5-12(4-10)9-17/h1-2,6,10-12H,3-5,7-9H2,(H2,20,21,22). The van der Waals surface area contributed by atoms with Gasteiger partial charge in [-0.2, -0.15) is 0 Å². The van der Waals surface area contributed by atoms with Gasteiger partial charge >= 0.3 is 6.03 Å². The molecule has 0 spiro atoms. The number of rotatable bonds is 2. The molecule has 0 atom stereocenters. The molecule has 0 unspecified atom stereocenters. The number of carbonyl (C=O) groups is 1. The van der Waals surface area contributed by atoms with Crippen molar-refractivity contribution in [3.05, 3.63) is 28.2 Å². The fourth-order valence-corrected chi connectivity index (χ4v) is 5.54. The molecule has 4 bridgehead atoms. The van der Waals surface area contributed by atoms with Crippen LogP contribution in [0.3, 0.4) is 0 Å². The summed E-state index contributed by atoms with van der Waals surface area (Å²) in [7, 11) is 0. The van der Waals surface area contributed by atoms with E-state index >= 15 is 0 Å². The molecule has 0 saturated heterocycles. The quantitative estimate of drug-likeness (QED) is 0.775. The molecule has 5 heteroatoms. The van der Waals surface area contributed by atoms with Gasteiger partial charge in [0, 0.05) is 11.2 Å². The van der Waals surface area contributed by atoms with E-state index in [1.807, 2.05) is 0 Å². The molecule has 1 aromatic carbocycles. The van der Waals surface area contributed by atoms with Crippen LogP contribution in [0.15, 0.2) is 18.2 Å². The van der Waals surface area contributed by atoms with E-state index in [-0.39, 0.29) is 11.6 Å². The third-order valence-corrected chi connectivity index (χ3v) is 6.33. The van der Waals surface area contributed by atoms with E-state index in [0.717, 1.165) is 37.0 Å². The van der Waals surface area contributed by atoms with Crippen LogP contribution >= 0.6 is 23.2 Å². The number of carbonyl (C=O) groups excluding carboxylic acids is 1. The van der Waals surface area contributed by atoms with Gasteiger partial charge in [0.1, 0.15) is 0 Å². The SMILES string of the molecule is O=C(Nc1ccc(Cl)c(Cl)c1)NC12CC3CC(CC(C3)C1)C2. The number of hydrogen-bond acceptors (Lipinski definition) is 1. The summed E-state index contributed by atoms with van der Waals surface area (Å²) in [5.41, 5.74) is 0.700. The molecule has 5 rings (SSSR count). The van der Waals surface area contributed by atoms with Crippen molar-refractivity contribution in [1.82, 2.24) is 5.32 Å². The van der Waals surface area contributed by atoms with E-state index in [2.05, 4.69) is 10.6 Å². The smallest absolute Gasteiger partial charge is 0.319 e. The number of amides is 2. The lowest BCUT2D eigenvalue weighted by Crippen LogP contribution is -2.60. The Morgan fingerprint density at radius 1 is 1.00 bits per heavy atom. The number of urea groups is 1. The summed E-state index contributed by atoms with van der Waals surface area (Å²) in [5, 5.41) is 7.12. The zero-order chi connectivity index (χ0) is 15.3. The molecule has 2 amide bonds. The minimum atomic E-state index is -0.125. The van der Waals surface area contributed by atoms with Crippen LogP contribution in [-0.2, 0) is 0 Å². The van der Waals surface area contributed by atoms with E-state index in [0.29, 0.717) is 15.7 Å². The highest BCUT2D eigenvalue weighted by molar-refractivity contribution is 6.42. The second kappa shape index (κ2) is 5.31. The Morgan fingerprint density at radius 2 is 1.59 bits per heavy atom. The molecular formula is C17H20Cl2N2O. The highest BCUT2D eigenvalue weighted by atomic mass is 35.5. The normalized spacial score (nSPS) is 35.5. The van der Waals surface area contributed by atoms with Gasteiger partial charge in [-0.3, -0.25) is 0 Å². The summed E-state index contributed by atoms with van der Waals surface area (Å²) in [6.45, 7) is 0. The lowest BCUT2D eigenvalue weighted by Gasteiger charge is -2.56. The molecule has 0 radical (unpaired) electrons. The van der Waals surface area contributed by atoms with E-state index in [1.54, 1.807) is 18.2 Å². The molecule has 1 aromatic rings. The second-order valence-electron chi connectivity index (χ2n) is 7.41. The molecule has 0 aromatic heterocycles. The number of anilines is 1.